The van der Waals surface area contributed by atoms with Crippen molar-refractivity contribution in [1.29, 1.82) is 0 Å². The van der Waals surface area contributed by atoms with E-state index in [0.29, 0.717) is 25.1 Å². The van der Waals surface area contributed by atoms with Crippen LogP contribution in [-0.2, 0) is 19.2 Å². The van der Waals surface area contributed by atoms with E-state index in [1.807, 2.05) is 0 Å². The van der Waals surface area contributed by atoms with Crippen molar-refractivity contribution in [3.05, 3.63) is 30.2 Å². The minimum absolute atomic E-state index is 0.315. The van der Waals surface area contributed by atoms with Crippen LogP contribution in [0.3, 0.4) is 0 Å². The number of carboxylic acid groups (broad SMARTS) is 1. The minimum atomic E-state index is -1.17. The van der Waals surface area contributed by atoms with Gasteiger partial charge in [-0.15, -0.1) is 0 Å². The van der Waals surface area contributed by atoms with E-state index in [9.17, 15) is 19.2 Å². The quantitative estimate of drug-likeness (QED) is 0.575. The van der Waals surface area contributed by atoms with Crippen LogP contribution in [0.2, 0.25) is 0 Å². The van der Waals surface area contributed by atoms with Gasteiger partial charge in [-0.05, 0) is 31.1 Å². The SMILES string of the molecule is O=C(O)CNC(=O)CNC(=O)[C@@H]1CCCN1C(=O)/C=C/c1ccco1. The van der Waals surface area contributed by atoms with Crippen molar-refractivity contribution in [2.45, 2.75) is 18.9 Å². The van der Waals surface area contributed by atoms with Crippen molar-refractivity contribution in [2.75, 3.05) is 19.6 Å². The number of carbonyl (C=O) groups excluding carboxylic acids is 3. The van der Waals surface area contributed by atoms with E-state index in [4.69, 9.17) is 9.52 Å². The molecule has 25 heavy (non-hydrogen) atoms. The summed E-state index contributed by atoms with van der Waals surface area (Å²) in [6.07, 6.45) is 5.54. The van der Waals surface area contributed by atoms with Gasteiger partial charge in [-0.3, -0.25) is 19.2 Å². The zero-order valence-corrected chi connectivity index (χ0v) is 13.4. The predicted octanol–water partition coefficient (Wildman–Crippen LogP) is -0.399. The van der Waals surface area contributed by atoms with E-state index in [2.05, 4.69) is 10.6 Å². The molecule has 2 rings (SSSR count). The summed E-state index contributed by atoms with van der Waals surface area (Å²) in [5.74, 6) is -2.00. The van der Waals surface area contributed by atoms with Gasteiger partial charge in [0.15, 0.2) is 0 Å². The molecule has 1 atom stereocenters. The van der Waals surface area contributed by atoms with Gasteiger partial charge in [0.25, 0.3) is 0 Å². The number of carbonyl (C=O) groups is 4. The number of carboxylic acids is 1. The number of nitrogens with one attached hydrogen (secondary N) is 2. The number of rotatable bonds is 7. The lowest BCUT2D eigenvalue weighted by Gasteiger charge is -2.22. The van der Waals surface area contributed by atoms with Crippen molar-refractivity contribution in [2.24, 2.45) is 0 Å². The molecule has 1 aromatic heterocycles. The van der Waals surface area contributed by atoms with Gasteiger partial charge >= 0.3 is 5.97 Å². The van der Waals surface area contributed by atoms with E-state index in [1.165, 1.54) is 23.3 Å². The second-order valence-electron chi connectivity index (χ2n) is 5.43. The fraction of sp³-hybridized carbons (Fsp3) is 0.375. The average Bonchev–Trinajstić information content (AvgIpc) is 3.26. The molecule has 1 fully saturated rings. The smallest absolute Gasteiger partial charge is 0.322 e. The highest BCUT2D eigenvalue weighted by atomic mass is 16.4. The number of hydrogen-bond donors (Lipinski definition) is 3. The molecule has 1 aliphatic heterocycles. The zero-order chi connectivity index (χ0) is 18.2. The first-order chi connectivity index (χ1) is 12.0. The first-order valence-corrected chi connectivity index (χ1v) is 7.76. The average molecular weight is 349 g/mol. The molecular weight excluding hydrogens is 330 g/mol. The largest absolute Gasteiger partial charge is 0.480 e. The van der Waals surface area contributed by atoms with Crippen LogP contribution in [0, 0.1) is 0 Å². The van der Waals surface area contributed by atoms with Crippen LogP contribution in [0.4, 0.5) is 0 Å². The Labute approximate surface area is 143 Å². The van der Waals surface area contributed by atoms with Gasteiger partial charge in [0.2, 0.25) is 17.7 Å². The van der Waals surface area contributed by atoms with E-state index in [-0.39, 0.29) is 12.5 Å². The first kappa shape index (κ1) is 18.2. The summed E-state index contributed by atoms with van der Waals surface area (Å²) in [7, 11) is 0. The highest BCUT2D eigenvalue weighted by Crippen LogP contribution is 2.18. The third-order valence-corrected chi connectivity index (χ3v) is 3.63. The van der Waals surface area contributed by atoms with E-state index < -0.39 is 30.4 Å². The van der Waals surface area contributed by atoms with E-state index >= 15 is 0 Å². The molecule has 0 unspecified atom stereocenters. The van der Waals surface area contributed by atoms with Gasteiger partial charge in [0, 0.05) is 12.6 Å². The normalized spacial score (nSPS) is 16.8. The predicted molar refractivity (Wildman–Crippen MR) is 86.1 cm³/mol. The van der Waals surface area contributed by atoms with Gasteiger partial charge < -0.3 is 25.1 Å². The van der Waals surface area contributed by atoms with Crippen molar-refractivity contribution >= 4 is 29.8 Å². The Balaban J connectivity index is 1.85. The maximum atomic E-state index is 12.2. The van der Waals surface area contributed by atoms with Crippen LogP contribution in [0.15, 0.2) is 28.9 Å². The van der Waals surface area contributed by atoms with Crippen LogP contribution in [0.5, 0.6) is 0 Å². The molecule has 9 nitrogen and oxygen atoms in total. The third-order valence-electron chi connectivity index (χ3n) is 3.63. The molecule has 0 radical (unpaired) electrons. The summed E-state index contributed by atoms with van der Waals surface area (Å²) in [5.41, 5.74) is 0. The van der Waals surface area contributed by atoms with Crippen molar-refractivity contribution in [3.8, 4) is 0 Å². The molecule has 9 heteroatoms. The van der Waals surface area contributed by atoms with Gasteiger partial charge in [-0.25, -0.2) is 0 Å². The van der Waals surface area contributed by atoms with Crippen molar-refractivity contribution < 1.29 is 28.7 Å². The molecule has 2 heterocycles. The number of aliphatic carboxylic acids is 1. The molecule has 134 valence electrons. The molecule has 0 aromatic carbocycles. The zero-order valence-electron chi connectivity index (χ0n) is 13.4. The highest BCUT2D eigenvalue weighted by Gasteiger charge is 2.33. The lowest BCUT2D eigenvalue weighted by Crippen LogP contribution is -2.48. The number of likely N-dealkylation sites (tertiary alicyclic amines) is 1. The minimum Gasteiger partial charge on any atom is -0.480 e. The maximum Gasteiger partial charge on any atom is 0.322 e. The molecule has 0 spiro atoms. The molecule has 3 amide bonds. The molecule has 0 bridgehead atoms. The molecule has 0 aliphatic carbocycles. The van der Waals surface area contributed by atoms with Crippen molar-refractivity contribution in [1.82, 2.24) is 15.5 Å². The maximum absolute atomic E-state index is 12.2. The topological polar surface area (TPSA) is 129 Å². The number of hydrogen-bond acceptors (Lipinski definition) is 5. The molecule has 1 aliphatic rings. The summed E-state index contributed by atoms with van der Waals surface area (Å²) in [5, 5.41) is 13.0. The van der Waals surface area contributed by atoms with E-state index in [1.54, 1.807) is 12.1 Å². The van der Waals surface area contributed by atoms with Crippen LogP contribution in [0.1, 0.15) is 18.6 Å². The molecule has 1 aromatic rings. The number of nitrogens with zero attached hydrogens (tertiary/aromatic N) is 1. The Bertz CT molecular complexity index is 667. The van der Waals surface area contributed by atoms with Crippen LogP contribution in [0.25, 0.3) is 6.08 Å². The standard InChI is InChI=1S/C16H19N3O6/c20-13(17-10-15(22)23)9-18-16(24)12-4-1-7-19(12)14(21)6-5-11-3-2-8-25-11/h2-3,5-6,8,12H,1,4,7,9-10H2,(H,17,20)(H,18,24)(H,22,23)/b6-5+/t12-/m0/s1. The summed E-state index contributed by atoms with van der Waals surface area (Å²) >= 11 is 0. The lowest BCUT2D eigenvalue weighted by atomic mass is 10.2. The van der Waals surface area contributed by atoms with Crippen molar-refractivity contribution in [3.63, 3.8) is 0 Å². The second-order valence-corrected chi connectivity index (χ2v) is 5.43. The fourth-order valence-electron chi connectivity index (χ4n) is 2.46. The number of furan rings is 1. The lowest BCUT2D eigenvalue weighted by molar-refractivity contribution is -0.138. The Morgan fingerprint density at radius 1 is 1.28 bits per heavy atom. The number of amides is 3. The second kappa shape index (κ2) is 8.67. The highest BCUT2D eigenvalue weighted by molar-refractivity contribution is 5.96. The Hall–Kier alpha value is -3.10. The third kappa shape index (κ3) is 5.48. The fourth-order valence-corrected chi connectivity index (χ4v) is 2.46. The summed E-state index contributed by atoms with van der Waals surface area (Å²) < 4.78 is 5.10. The first-order valence-electron chi connectivity index (χ1n) is 7.76. The molecule has 3 N–H and O–H groups in total. The van der Waals surface area contributed by atoms with Gasteiger partial charge in [-0.1, -0.05) is 0 Å². The summed E-state index contributed by atoms with van der Waals surface area (Å²) in [4.78, 5) is 47.7. The van der Waals surface area contributed by atoms with Gasteiger partial charge in [0.1, 0.15) is 18.3 Å². The Morgan fingerprint density at radius 2 is 2.08 bits per heavy atom. The van der Waals surface area contributed by atoms with Gasteiger partial charge in [0.05, 0.1) is 12.8 Å². The van der Waals surface area contributed by atoms with Crippen LogP contribution >= 0.6 is 0 Å². The van der Waals surface area contributed by atoms with Gasteiger partial charge in [-0.2, -0.15) is 0 Å². The molecular formula is C16H19N3O6. The van der Waals surface area contributed by atoms with E-state index in [0.717, 1.165) is 0 Å². The summed E-state index contributed by atoms with van der Waals surface area (Å²) in [6, 6.07) is 2.75. The van der Waals surface area contributed by atoms with Crippen LogP contribution in [-0.4, -0.2) is 59.4 Å². The molecule has 0 saturated carbocycles. The molecule has 1 saturated heterocycles. The monoisotopic (exact) mass is 349 g/mol. The van der Waals surface area contributed by atoms with Crippen LogP contribution < -0.4 is 10.6 Å². The Morgan fingerprint density at radius 3 is 2.76 bits per heavy atom. The summed E-state index contributed by atoms with van der Waals surface area (Å²) in [6.45, 7) is -0.405. The Kier molecular flexibility index (Phi) is 6.33.